The second-order valence-electron chi connectivity index (χ2n) is 5.27. The Morgan fingerprint density at radius 1 is 1.16 bits per heavy atom. The number of aryl methyl sites for hydroxylation is 3. The zero-order chi connectivity index (χ0) is 14.2. The molecule has 2 heterocycles. The summed E-state index contributed by atoms with van der Waals surface area (Å²) >= 11 is 1.86. The van der Waals surface area contributed by atoms with Gasteiger partial charge in [-0.3, -0.25) is 4.68 Å². The molecule has 0 aliphatic rings. The Labute approximate surface area is 119 Å². The zero-order valence-electron chi connectivity index (χ0n) is 12.6. The van der Waals surface area contributed by atoms with Crippen LogP contribution in [0.5, 0.6) is 0 Å². The van der Waals surface area contributed by atoms with Gasteiger partial charge in [0, 0.05) is 40.1 Å². The monoisotopic (exact) mass is 277 g/mol. The molecule has 104 valence electrons. The van der Waals surface area contributed by atoms with Crippen LogP contribution in [0.3, 0.4) is 0 Å². The van der Waals surface area contributed by atoms with Crippen molar-refractivity contribution in [2.75, 3.05) is 0 Å². The summed E-state index contributed by atoms with van der Waals surface area (Å²) in [6.07, 6.45) is 0. The summed E-state index contributed by atoms with van der Waals surface area (Å²) in [6, 6.07) is 5.08. The van der Waals surface area contributed by atoms with Crippen LogP contribution in [0.25, 0.3) is 0 Å². The van der Waals surface area contributed by atoms with Crippen molar-refractivity contribution in [2.24, 2.45) is 7.05 Å². The zero-order valence-corrected chi connectivity index (χ0v) is 13.4. The Morgan fingerprint density at radius 3 is 2.32 bits per heavy atom. The third kappa shape index (κ3) is 2.90. The molecule has 0 aliphatic carbocycles. The fourth-order valence-electron chi connectivity index (χ4n) is 2.64. The number of hydrogen-bond acceptors (Lipinski definition) is 3. The van der Waals surface area contributed by atoms with E-state index in [0.29, 0.717) is 12.1 Å². The van der Waals surface area contributed by atoms with Crippen molar-refractivity contribution in [3.05, 3.63) is 38.8 Å². The second-order valence-corrected chi connectivity index (χ2v) is 6.59. The lowest BCUT2D eigenvalue weighted by Gasteiger charge is -2.20. The Hall–Kier alpha value is -1.13. The summed E-state index contributed by atoms with van der Waals surface area (Å²) in [5.41, 5.74) is 3.68. The minimum absolute atomic E-state index is 0.311. The number of rotatable bonds is 4. The highest BCUT2D eigenvalue weighted by Gasteiger charge is 2.18. The SMILES string of the molecule is Cc1ccc(C(C)NC(C)c2c(C)nn(C)c2C)s1. The smallest absolute Gasteiger partial charge is 0.0644 e. The van der Waals surface area contributed by atoms with Gasteiger partial charge in [-0.1, -0.05) is 0 Å². The molecule has 0 saturated heterocycles. The van der Waals surface area contributed by atoms with E-state index in [2.05, 4.69) is 57.2 Å². The molecule has 0 aromatic carbocycles. The fraction of sp³-hybridized carbons (Fsp3) is 0.533. The molecule has 2 unspecified atom stereocenters. The van der Waals surface area contributed by atoms with Crippen LogP contribution in [-0.4, -0.2) is 9.78 Å². The lowest BCUT2D eigenvalue weighted by molar-refractivity contribution is 0.496. The van der Waals surface area contributed by atoms with Gasteiger partial charge in [0.2, 0.25) is 0 Å². The summed E-state index contributed by atoms with van der Waals surface area (Å²) in [6.45, 7) is 10.8. The first-order chi connectivity index (χ1) is 8.90. The predicted octanol–water partition coefficient (Wildman–Crippen LogP) is 3.82. The van der Waals surface area contributed by atoms with Gasteiger partial charge in [0.1, 0.15) is 0 Å². The van der Waals surface area contributed by atoms with E-state index in [0.717, 1.165) is 5.69 Å². The highest BCUT2D eigenvalue weighted by Crippen LogP contribution is 2.27. The van der Waals surface area contributed by atoms with Gasteiger partial charge in [0.05, 0.1) is 5.69 Å². The second kappa shape index (κ2) is 5.47. The average Bonchev–Trinajstić information content (AvgIpc) is 2.84. The van der Waals surface area contributed by atoms with Crippen molar-refractivity contribution in [1.29, 1.82) is 0 Å². The molecule has 0 bridgehead atoms. The molecule has 2 atom stereocenters. The van der Waals surface area contributed by atoms with Crippen molar-refractivity contribution in [2.45, 2.75) is 46.7 Å². The summed E-state index contributed by atoms with van der Waals surface area (Å²) in [5, 5.41) is 8.17. The fourth-order valence-corrected chi connectivity index (χ4v) is 3.53. The van der Waals surface area contributed by atoms with E-state index in [9.17, 15) is 0 Å². The molecule has 0 fully saturated rings. The number of nitrogens with one attached hydrogen (secondary N) is 1. The lowest BCUT2D eigenvalue weighted by atomic mass is 10.1. The molecule has 0 amide bonds. The van der Waals surface area contributed by atoms with Gasteiger partial charge in [-0.15, -0.1) is 11.3 Å². The first-order valence-corrected chi connectivity index (χ1v) is 7.54. The largest absolute Gasteiger partial charge is 0.303 e. The Bertz CT molecular complexity index is 568. The molecule has 19 heavy (non-hydrogen) atoms. The molecule has 2 rings (SSSR count). The van der Waals surface area contributed by atoms with Crippen LogP contribution in [0.15, 0.2) is 12.1 Å². The third-order valence-corrected chi connectivity index (χ3v) is 4.87. The Balaban J connectivity index is 2.14. The van der Waals surface area contributed by atoms with Gasteiger partial charge in [-0.25, -0.2) is 0 Å². The molecule has 4 heteroatoms. The van der Waals surface area contributed by atoms with Crippen molar-refractivity contribution in [3.63, 3.8) is 0 Å². The van der Waals surface area contributed by atoms with Gasteiger partial charge in [-0.05, 0) is 46.8 Å². The van der Waals surface area contributed by atoms with E-state index < -0.39 is 0 Å². The van der Waals surface area contributed by atoms with Crippen LogP contribution in [0.2, 0.25) is 0 Å². The van der Waals surface area contributed by atoms with Gasteiger partial charge in [0.25, 0.3) is 0 Å². The van der Waals surface area contributed by atoms with E-state index in [1.165, 1.54) is 21.0 Å². The molecule has 2 aromatic rings. The van der Waals surface area contributed by atoms with Gasteiger partial charge in [-0.2, -0.15) is 5.10 Å². The maximum atomic E-state index is 4.50. The van der Waals surface area contributed by atoms with E-state index in [4.69, 9.17) is 0 Å². The first-order valence-electron chi connectivity index (χ1n) is 6.72. The van der Waals surface area contributed by atoms with Crippen LogP contribution in [0.1, 0.15) is 52.6 Å². The molecule has 0 radical (unpaired) electrons. The third-order valence-electron chi connectivity index (χ3n) is 3.69. The number of thiophene rings is 1. The highest BCUT2D eigenvalue weighted by molar-refractivity contribution is 7.12. The van der Waals surface area contributed by atoms with Gasteiger partial charge in [0.15, 0.2) is 0 Å². The lowest BCUT2D eigenvalue weighted by Crippen LogP contribution is -2.22. The van der Waals surface area contributed by atoms with E-state index >= 15 is 0 Å². The highest BCUT2D eigenvalue weighted by atomic mass is 32.1. The summed E-state index contributed by atoms with van der Waals surface area (Å²) < 4.78 is 1.96. The Morgan fingerprint density at radius 2 is 1.84 bits per heavy atom. The van der Waals surface area contributed by atoms with Crippen molar-refractivity contribution < 1.29 is 0 Å². The molecule has 1 N–H and O–H groups in total. The summed E-state index contributed by atoms with van der Waals surface area (Å²) in [5.74, 6) is 0. The normalized spacial score (nSPS) is 14.6. The average molecular weight is 277 g/mol. The molecule has 0 saturated carbocycles. The van der Waals surface area contributed by atoms with Crippen LogP contribution in [-0.2, 0) is 7.05 Å². The summed E-state index contributed by atoms with van der Waals surface area (Å²) in [4.78, 5) is 2.76. The van der Waals surface area contributed by atoms with Crippen molar-refractivity contribution >= 4 is 11.3 Å². The standard InChI is InChI=1S/C15H23N3S/c1-9-7-8-14(19-9)10(2)16-11(3)15-12(4)17-18(6)13(15)5/h7-8,10-11,16H,1-6H3. The van der Waals surface area contributed by atoms with Crippen molar-refractivity contribution in [3.8, 4) is 0 Å². The predicted molar refractivity (Wildman–Crippen MR) is 81.7 cm³/mol. The van der Waals surface area contributed by atoms with Gasteiger partial charge >= 0.3 is 0 Å². The van der Waals surface area contributed by atoms with E-state index in [-0.39, 0.29) is 0 Å². The molecule has 0 spiro atoms. The molecular formula is C15H23N3S. The van der Waals surface area contributed by atoms with Crippen molar-refractivity contribution in [1.82, 2.24) is 15.1 Å². The Kier molecular flexibility index (Phi) is 4.11. The van der Waals surface area contributed by atoms with E-state index in [1.807, 2.05) is 23.1 Å². The molecule has 0 aliphatic heterocycles. The van der Waals surface area contributed by atoms with Crippen LogP contribution >= 0.6 is 11.3 Å². The minimum atomic E-state index is 0.311. The number of aromatic nitrogens is 2. The molecule has 3 nitrogen and oxygen atoms in total. The molecule has 2 aromatic heterocycles. The number of nitrogens with zero attached hydrogens (tertiary/aromatic N) is 2. The van der Waals surface area contributed by atoms with Gasteiger partial charge < -0.3 is 5.32 Å². The van der Waals surface area contributed by atoms with Crippen LogP contribution in [0.4, 0.5) is 0 Å². The van der Waals surface area contributed by atoms with E-state index in [1.54, 1.807) is 0 Å². The summed E-state index contributed by atoms with van der Waals surface area (Å²) in [7, 11) is 2.00. The molecular weight excluding hydrogens is 254 g/mol. The number of hydrogen-bond donors (Lipinski definition) is 1. The quantitative estimate of drug-likeness (QED) is 0.920. The maximum Gasteiger partial charge on any atom is 0.0644 e. The first kappa shape index (κ1) is 14.3. The maximum absolute atomic E-state index is 4.50. The van der Waals surface area contributed by atoms with Crippen LogP contribution < -0.4 is 5.32 Å². The van der Waals surface area contributed by atoms with Crippen LogP contribution in [0, 0.1) is 20.8 Å². The topological polar surface area (TPSA) is 29.9 Å². The minimum Gasteiger partial charge on any atom is -0.303 e.